The van der Waals surface area contributed by atoms with E-state index in [1.165, 1.54) is 12.1 Å². The first-order chi connectivity index (χ1) is 14.5. The summed E-state index contributed by atoms with van der Waals surface area (Å²) in [6, 6.07) is 13.7. The van der Waals surface area contributed by atoms with Gasteiger partial charge in [-0.05, 0) is 49.2 Å². The second-order valence-electron chi connectivity index (χ2n) is 6.99. The minimum atomic E-state index is -0.407. The first kappa shape index (κ1) is 21.7. The van der Waals surface area contributed by atoms with Crippen molar-refractivity contribution in [2.45, 2.75) is 12.8 Å². The van der Waals surface area contributed by atoms with E-state index in [4.69, 9.17) is 16.3 Å². The number of rotatable bonds is 8. The van der Waals surface area contributed by atoms with E-state index in [-0.39, 0.29) is 11.7 Å². The average Bonchev–Trinajstić information content (AvgIpc) is 2.77. The second-order valence-corrected chi connectivity index (χ2v) is 7.43. The molecule has 30 heavy (non-hydrogen) atoms. The topological polar surface area (TPSA) is 88.0 Å². The van der Waals surface area contributed by atoms with E-state index in [0.29, 0.717) is 44.4 Å². The van der Waals surface area contributed by atoms with Gasteiger partial charge in [0.25, 0.3) is 5.69 Å². The van der Waals surface area contributed by atoms with Crippen LogP contribution >= 0.6 is 11.6 Å². The Kier molecular flexibility index (Phi) is 7.73. The van der Waals surface area contributed by atoms with E-state index in [9.17, 15) is 14.9 Å². The fourth-order valence-corrected chi connectivity index (χ4v) is 3.33. The standard InChI is InChI=1S/C21H25ClN4O4/c22-17-3-9-20(10-4-17)30-16-2-1-11-23-21(27)25-14-12-24(13-15-25)18-5-7-19(8-6-18)26(28)29/h3-10H,1-2,11-16H2,(H,23,27). The summed E-state index contributed by atoms with van der Waals surface area (Å²) in [5, 5.41) is 14.4. The van der Waals surface area contributed by atoms with Gasteiger partial charge in [0, 0.05) is 55.6 Å². The third-order valence-corrected chi connectivity index (χ3v) is 5.17. The molecule has 0 atom stereocenters. The van der Waals surface area contributed by atoms with Crippen molar-refractivity contribution in [1.82, 2.24) is 10.2 Å². The molecule has 0 spiro atoms. The van der Waals surface area contributed by atoms with Crippen LogP contribution in [0, 0.1) is 10.1 Å². The predicted molar refractivity (Wildman–Crippen MR) is 116 cm³/mol. The van der Waals surface area contributed by atoms with Gasteiger partial charge in [-0.25, -0.2) is 4.79 Å². The fraction of sp³-hybridized carbons (Fsp3) is 0.381. The molecule has 2 aromatic rings. The summed E-state index contributed by atoms with van der Waals surface area (Å²) in [7, 11) is 0. The molecule has 0 aliphatic carbocycles. The largest absolute Gasteiger partial charge is 0.494 e. The second kappa shape index (κ2) is 10.7. The summed E-state index contributed by atoms with van der Waals surface area (Å²) >= 11 is 5.84. The van der Waals surface area contributed by atoms with Gasteiger partial charge in [-0.15, -0.1) is 0 Å². The summed E-state index contributed by atoms with van der Waals surface area (Å²) in [5.74, 6) is 0.786. The summed E-state index contributed by atoms with van der Waals surface area (Å²) < 4.78 is 5.63. The maximum absolute atomic E-state index is 12.3. The Morgan fingerprint density at radius 1 is 1.03 bits per heavy atom. The number of nitro groups is 1. The van der Waals surface area contributed by atoms with Crippen molar-refractivity contribution >= 4 is 29.0 Å². The van der Waals surface area contributed by atoms with Crippen molar-refractivity contribution in [3.63, 3.8) is 0 Å². The number of piperazine rings is 1. The molecule has 8 nitrogen and oxygen atoms in total. The third-order valence-electron chi connectivity index (χ3n) is 4.92. The number of nitrogens with zero attached hydrogens (tertiary/aromatic N) is 3. The molecule has 0 unspecified atom stereocenters. The van der Waals surface area contributed by atoms with Crippen molar-refractivity contribution in [1.29, 1.82) is 0 Å². The van der Waals surface area contributed by atoms with Gasteiger partial charge in [0.2, 0.25) is 0 Å². The summed E-state index contributed by atoms with van der Waals surface area (Å²) in [6.45, 7) is 3.81. The van der Waals surface area contributed by atoms with Crippen LogP contribution in [0.4, 0.5) is 16.2 Å². The van der Waals surface area contributed by atoms with Crippen molar-refractivity contribution in [2.24, 2.45) is 0 Å². The molecule has 0 aromatic heterocycles. The van der Waals surface area contributed by atoms with Gasteiger partial charge in [-0.3, -0.25) is 10.1 Å². The lowest BCUT2D eigenvalue weighted by atomic mass is 10.2. The van der Waals surface area contributed by atoms with Gasteiger partial charge >= 0.3 is 6.03 Å². The molecule has 1 aliphatic rings. The van der Waals surface area contributed by atoms with Crippen LogP contribution in [-0.2, 0) is 0 Å². The minimum absolute atomic E-state index is 0.0584. The molecular formula is C21H25ClN4O4. The Labute approximate surface area is 180 Å². The molecule has 1 fully saturated rings. The van der Waals surface area contributed by atoms with Crippen molar-refractivity contribution in [3.8, 4) is 5.75 Å². The Morgan fingerprint density at radius 3 is 2.33 bits per heavy atom. The number of hydrogen-bond acceptors (Lipinski definition) is 5. The number of urea groups is 1. The van der Waals surface area contributed by atoms with Crippen LogP contribution < -0.4 is 15.0 Å². The molecule has 1 aliphatic heterocycles. The average molecular weight is 433 g/mol. The Bertz CT molecular complexity index is 837. The number of hydrogen-bond donors (Lipinski definition) is 1. The molecular weight excluding hydrogens is 408 g/mol. The quantitative estimate of drug-likeness (QED) is 0.388. The van der Waals surface area contributed by atoms with Gasteiger partial charge in [0.05, 0.1) is 11.5 Å². The lowest BCUT2D eigenvalue weighted by Crippen LogP contribution is -2.52. The molecule has 1 saturated heterocycles. The molecule has 160 valence electrons. The maximum atomic E-state index is 12.3. The molecule has 0 saturated carbocycles. The number of amides is 2. The lowest BCUT2D eigenvalue weighted by molar-refractivity contribution is -0.384. The molecule has 3 rings (SSSR count). The van der Waals surface area contributed by atoms with Crippen molar-refractivity contribution in [3.05, 3.63) is 63.7 Å². The highest BCUT2D eigenvalue weighted by atomic mass is 35.5. The van der Waals surface area contributed by atoms with E-state index in [1.807, 2.05) is 12.1 Å². The molecule has 0 radical (unpaired) electrons. The first-order valence-corrected chi connectivity index (χ1v) is 10.3. The van der Waals surface area contributed by atoms with Crippen LogP contribution in [0.15, 0.2) is 48.5 Å². The Balaban J connectivity index is 1.30. The minimum Gasteiger partial charge on any atom is -0.494 e. The summed E-state index contributed by atoms with van der Waals surface area (Å²) in [5.41, 5.74) is 1.01. The summed E-state index contributed by atoms with van der Waals surface area (Å²) in [6.07, 6.45) is 1.68. The Morgan fingerprint density at radius 2 is 1.70 bits per heavy atom. The summed E-state index contributed by atoms with van der Waals surface area (Å²) in [4.78, 5) is 26.6. The molecule has 2 aromatic carbocycles. The SMILES string of the molecule is O=C(NCCCCOc1ccc(Cl)cc1)N1CCN(c2ccc([N+](=O)[O-])cc2)CC1. The zero-order valence-electron chi connectivity index (χ0n) is 16.6. The number of nitrogens with one attached hydrogen (secondary N) is 1. The van der Waals surface area contributed by atoms with E-state index < -0.39 is 4.92 Å². The van der Waals surface area contributed by atoms with Gasteiger partial charge in [0.15, 0.2) is 0 Å². The van der Waals surface area contributed by atoms with E-state index in [2.05, 4.69) is 10.2 Å². The van der Waals surface area contributed by atoms with Crippen LogP contribution in [0.25, 0.3) is 0 Å². The predicted octanol–water partition coefficient (Wildman–Crippen LogP) is 3.94. The van der Waals surface area contributed by atoms with Crippen molar-refractivity contribution in [2.75, 3.05) is 44.2 Å². The molecule has 2 amide bonds. The van der Waals surface area contributed by atoms with Gasteiger partial charge in [-0.1, -0.05) is 11.6 Å². The number of non-ortho nitro benzene ring substituents is 1. The highest BCUT2D eigenvalue weighted by molar-refractivity contribution is 6.30. The first-order valence-electron chi connectivity index (χ1n) is 9.93. The number of unbranched alkanes of at least 4 members (excludes halogenated alkanes) is 1. The third kappa shape index (κ3) is 6.25. The number of benzene rings is 2. The maximum Gasteiger partial charge on any atom is 0.317 e. The smallest absolute Gasteiger partial charge is 0.317 e. The van der Waals surface area contributed by atoms with Crippen LogP contribution in [0.2, 0.25) is 5.02 Å². The highest BCUT2D eigenvalue weighted by Crippen LogP contribution is 2.20. The van der Waals surface area contributed by atoms with E-state index in [0.717, 1.165) is 24.3 Å². The zero-order valence-corrected chi connectivity index (χ0v) is 17.4. The number of nitro benzene ring substituents is 1. The zero-order chi connectivity index (χ0) is 21.3. The normalized spacial score (nSPS) is 13.8. The van der Waals surface area contributed by atoms with Gasteiger partial charge in [0.1, 0.15) is 5.75 Å². The number of ether oxygens (including phenoxy) is 1. The number of halogens is 1. The van der Waals surface area contributed by atoms with Crippen LogP contribution in [0.1, 0.15) is 12.8 Å². The fourth-order valence-electron chi connectivity index (χ4n) is 3.21. The monoisotopic (exact) mass is 432 g/mol. The number of carbonyl (C=O) groups is 1. The van der Waals surface area contributed by atoms with Crippen LogP contribution in [-0.4, -0.2) is 55.2 Å². The molecule has 0 bridgehead atoms. The number of anilines is 1. The Hall–Kier alpha value is -3.00. The van der Waals surface area contributed by atoms with Crippen LogP contribution in [0.5, 0.6) is 5.75 Å². The number of carbonyl (C=O) groups excluding carboxylic acids is 1. The highest BCUT2D eigenvalue weighted by Gasteiger charge is 2.21. The van der Waals surface area contributed by atoms with Crippen molar-refractivity contribution < 1.29 is 14.5 Å². The molecule has 1 heterocycles. The van der Waals surface area contributed by atoms with Crippen LogP contribution in [0.3, 0.4) is 0 Å². The molecule has 1 N–H and O–H groups in total. The van der Waals surface area contributed by atoms with E-state index >= 15 is 0 Å². The molecule has 9 heteroatoms. The van der Waals surface area contributed by atoms with Gasteiger partial charge < -0.3 is 19.9 Å². The van der Waals surface area contributed by atoms with Gasteiger partial charge in [-0.2, -0.15) is 0 Å². The van der Waals surface area contributed by atoms with E-state index in [1.54, 1.807) is 29.2 Å². The lowest BCUT2D eigenvalue weighted by Gasteiger charge is -2.36.